The second kappa shape index (κ2) is 6.81. The normalized spacial score (nSPS) is 18.9. The summed E-state index contributed by atoms with van der Waals surface area (Å²) in [6.07, 6.45) is 0. The third-order valence-electron chi connectivity index (χ3n) is 3.06. The maximum atomic E-state index is 4.47. The number of nitrogens with one attached hydrogen (secondary N) is 2. The summed E-state index contributed by atoms with van der Waals surface area (Å²) in [4.78, 5) is 8.82. The third kappa shape index (κ3) is 4.02. The average Bonchev–Trinajstić information content (AvgIpc) is 3.12. The van der Waals surface area contributed by atoms with E-state index >= 15 is 0 Å². The predicted octanol–water partition coefficient (Wildman–Crippen LogP) is 2.03. The van der Waals surface area contributed by atoms with Crippen molar-refractivity contribution in [1.82, 2.24) is 10.6 Å². The molecule has 0 saturated carbocycles. The zero-order valence-electron chi connectivity index (χ0n) is 13.6. The van der Waals surface area contributed by atoms with Gasteiger partial charge in [-0.15, -0.1) is 0 Å². The first kappa shape index (κ1) is 16.6. The minimum Gasteiger partial charge on any atom is -0.370 e. The molecule has 0 saturated heterocycles. The van der Waals surface area contributed by atoms with Crippen LogP contribution in [0, 0.1) is 0 Å². The molecule has 0 amide bonds. The summed E-state index contributed by atoms with van der Waals surface area (Å²) in [7, 11) is 0. The Hall–Kier alpha value is -1.46. The standard InChI is InChI=1S/C12H22N6.C2H6/c1-11(2,9-13-5-6-14-9)17-18-12(3,4)10-15-7-8-16-10;1-2/h5-8H2,1-4H3,(H,13,14)(H,15,16);1-2H3. The topological polar surface area (TPSA) is 73.5 Å². The summed E-state index contributed by atoms with van der Waals surface area (Å²) in [6, 6.07) is 0. The largest absolute Gasteiger partial charge is 0.370 e. The van der Waals surface area contributed by atoms with E-state index in [0.717, 1.165) is 37.9 Å². The number of rotatable bonds is 4. The molecule has 0 aromatic heterocycles. The highest BCUT2D eigenvalue weighted by Gasteiger charge is 2.31. The van der Waals surface area contributed by atoms with Crippen molar-refractivity contribution < 1.29 is 0 Å². The fraction of sp³-hybridized carbons (Fsp3) is 0.857. The monoisotopic (exact) mass is 280 g/mol. The van der Waals surface area contributed by atoms with E-state index in [4.69, 9.17) is 0 Å². The lowest BCUT2D eigenvalue weighted by Gasteiger charge is -2.23. The van der Waals surface area contributed by atoms with Crippen molar-refractivity contribution in [3.05, 3.63) is 0 Å². The number of aliphatic imine (C=N–C) groups is 2. The summed E-state index contributed by atoms with van der Waals surface area (Å²) >= 11 is 0. The molecule has 114 valence electrons. The van der Waals surface area contributed by atoms with Crippen molar-refractivity contribution in [2.24, 2.45) is 20.2 Å². The molecule has 2 aliphatic heterocycles. The fourth-order valence-electron chi connectivity index (χ4n) is 1.96. The van der Waals surface area contributed by atoms with Crippen molar-refractivity contribution in [2.75, 3.05) is 26.2 Å². The zero-order valence-corrected chi connectivity index (χ0v) is 13.6. The van der Waals surface area contributed by atoms with Crippen LogP contribution in [0.4, 0.5) is 0 Å². The summed E-state index contributed by atoms with van der Waals surface area (Å²) in [5.74, 6) is 1.84. The van der Waals surface area contributed by atoms with Gasteiger partial charge in [0.05, 0.1) is 13.1 Å². The van der Waals surface area contributed by atoms with Crippen molar-refractivity contribution in [3.8, 4) is 0 Å². The summed E-state index contributed by atoms with van der Waals surface area (Å²) in [5, 5.41) is 15.4. The lowest BCUT2D eigenvalue weighted by Crippen LogP contribution is -2.41. The number of amidine groups is 2. The Balaban J connectivity index is 0.000000956. The van der Waals surface area contributed by atoms with Gasteiger partial charge in [0.25, 0.3) is 0 Å². The molecule has 2 aliphatic rings. The van der Waals surface area contributed by atoms with Crippen LogP contribution in [0.3, 0.4) is 0 Å². The van der Waals surface area contributed by atoms with Gasteiger partial charge in [-0.05, 0) is 27.7 Å². The van der Waals surface area contributed by atoms with Crippen LogP contribution < -0.4 is 10.6 Å². The summed E-state index contributed by atoms with van der Waals surface area (Å²) in [5.41, 5.74) is -0.792. The number of azo groups is 1. The molecule has 0 aromatic carbocycles. The van der Waals surface area contributed by atoms with Crippen LogP contribution in [0.2, 0.25) is 0 Å². The van der Waals surface area contributed by atoms with E-state index in [1.807, 2.05) is 41.5 Å². The first-order valence-corrected chi connectivity index (χ1v) is 7.43. The Morgan fingerprint density at radius 1 is 0.800 bits per heavy atom. The predicted molar refractivity (Wildman–Crippen MR) is 85.0 cm³/mol. The van der Waals surface area contributed by atoms with Crippen LogP contribution in [-0.2, 0) is 0 Å². The van der Waals surface area contributed by atoms with Gasteiger partial charge in [-0.25, -0.2) is 0 Å². The molecule has 0 spiro atoms. The van der Waals surface area contributed by atoms with Gasteiger partial charge in [0.15, 0.2) is 0 Å². The van der Waals surface area contributed by atoms with Gasteiger partial charge in [-0.3, -0.25) is 9.98 Å². The van der Waals surface area contributed by atoms with Crippen molar-refractivity contribution >= 4 is 11.7 Å². The third-order valence-corrected chi connectivity index (χ3v) is 3.06. The Morgan fingerprint density at radius 2 is 1.15 bits per heavy atom. The molecule has 2 N–H and O–H groups in total. The van der Waals surface area contributed by atoms with E-state index in [9.17, 15) is 0 Å². The molecule has 2 rings (SSSR count). The Morgan fingerprint density at radius 3 is 1.40 bits per heavy atom. The molecule has 20 heavy (non-hydrogen) atoms. The second-order valence-electron chi connectivity index (χ2n) is 5.63. The van der Waals surface area contributed by atoms with Gasteiger partial charge in [-0.2, -0.15) is 10.2 Å². The van der Waals surface area contributed by atoms with Crippen LogP contribution >= 0.6 is 0 Å². The molecule has 0 fully saturated rings. The van der Waals surface area contributed by atoms with E-state index in [1.54, 1.807) is 0 Å². The molecule has 0 aliphatic carbocycles. The maximum absolute atomic E-state index is 4.47. The lowest BCUT2D eigenvalue weighted by atomic mass is 10.0. The molecule has 0 bridgehead atoms. The van der Waals surface area contributed by atoms with Crippen LogP contribution in [0.1, 0.15) is 41.5 Å². The van der Waals surface area contributed by atoms with Crippen LogP contribution in [0.15, 0.2) is 20.2 Å². The second-order valence-corrected chi connectivity index (χ2v) is 5.63. The number of hydrogen-bond donors (Lipinski definition) is 2. The Labute approximate surface area is 122 Å². The molecule has 6 nitrogen and oxygen atoms in total. The fourth-order valence-corrected chi connectivity index (χ4v) is 1.96. The first-order valence-electron chi connectivity index (χ1n) is 7.43. The first-order chi connectivity index (χ1) is 9.42. The highest BCUT2D eigenvalue weighted by molar-refractivity contribution is 5.93. The molecule has 2 heterocycles. The Bertz CT molecular complexity index is 368. The van der Waals surface area contributed by atoms with Gasteiger partial charge in [-0.1, -0.05) is 13.8 Å². The van der Waals surface area contributed by atoms with Crippen molar-refractivity contribution in [3.63, 3.8) is 0 Å². The smallest absolute Gasteiger partial charge is 0.133 e. The molecule has 0 atom stereocenters. The van der Waals surface area contributed by atoms with E-state index in [-0.39, 0.29) is 0 Å². The van der Waals surface area contributed by atoms with Gasteiger partial charge in [0, 0.05) is 13.1 Å². The lowest BCUT2D eigenvalue weighted by molar-refractivity contribution is 0.552. The summed E-state index contributed by atoms with van der Waals surface area (Å²) < 4.78 is 0. The molecule has 0 radical (unpaired) electrons. The van der Waals surface area contributed by atoms with E-state index < -0.39 is 11.1 Å². The number of hydrogen-bond acceptors (Lipinski definition) is 6. The zero-order chi connectivity index (χ0) is 15.2. The highest BCUT2D eigenvalue weighted by atomic mass is 15.3. The van der Waals surface area contributed by atoms with Gasteiger partial charge >= 0.3 is 0 Å². The minimum atomic E-state index is -0.396. The summed E-state index contributed by atoms with van der Waals surface area (Å²) in [6.45, 7) is 15.5. The van der Waals surface area contributed by atoms with Crippen molar-refractivity contribution in [2.45, 2.75) is 52.6 Å². The van der Waals surface area contributed by atoms with Crippen LogP contribution in [-0.4, -0.2) is 48.9 Å². The Kier molecular flexibility index (Phi) is 5.65. The van der Waals surface area contributed by atoms with E-state index in [2.05, 4.69) is 30.8 Å². The SMILES string of the molecule is CC.CC(C)(N=NC(C)(C)C1=NCCN1)C1=NCCN1. The quantitative estimate of drug-likeness (QED) is 0.773. The minimum absolute atomic E-state index is 0.396. The molecular formula is C14H28N6. The van der Waals surface area contributed by atoms with E-state index in [0.29, 0.717) is 0 Å². The molecular weight excluding hydrogens is 252 g/mol. The van der Waals surface area contributed by atoms with Crippen molar-refractivity contribution in [1.29, 1.82) is 0 Å². The van der Waals surface area contributed by atoms with E-state index in [1.165, 1.54) is 0 Å². The number of nitrogens with zero attached hydrogens (tertiary/aromatic N) is 4. The average molecular weight is 280 g/mol. The van der Waals surface area contributed by atoms with Gasteiger partial charge in [0.1, 0.15) is 22.7 Å². The molecule has 6 heteroatoms. The molecule has 0 unspecified atom stereocenters. The maximum Gasteiger partial charge on any atom is 0.133 e. The van der Waals surface area contributed by atoms with Gasteiger partial charge < -0.3 is 10.6 Å². The molecule has 0 aromatic rings. The van der Waals surface area contributed by atoms with Crippen LogP contribution in [0.25, 0.3) is 0 Å². The van der Waals surface area contributed by atoms with Crippen LogP contribution in [0.5, 0.6) is 0 Å². The van der Waals surface area contributed by atoms with Gasteiger partial charge in [0.2, 0.25) is 0 Å². The highest BCUT2D eigenvalue weighted by Crippen LogP contribution is 2.19.